The molecule has 0 unspecified atom stereocenters. The summed E-state index contributed by atoms with van der Waals surface area (Å²) in [5.74, 6) is 0. The van der Waals surface area contributed by atoms with Crippen LogP contribution in [-0.2, 0) is 0 Å². The van der Waals surface area contributed by atoms with E-state index in [4.69, 9.17) is 5.73 Å². The van der Waals surface area contributed by atoms with Crippen LogP contribution in [0.25, 0.3) is 0 Å². The van der Waals surface area contributed by atoms with Gasteiger partial charge in [0.25, 0.3) is 0 Å². The average Bonchev–Trinajstić information content (AvgIpc) is 1.86. The third kappa shape index (κ3) is 3.30. The minimum atomic E-state index is 0. The predicted octanol–water partition coefficient (Wildman–Crippen LogP) is 1.51. The Hall–Kier alpha value is 0.280. The van der Waals surface area contributed by atoms with Gasteiger partial charge in [0.1, 0.15) is 0 Å². The van der Waals surface area contributed by atoms with E-state index in [1.165, 1.54) is 0 Å². The van der Waals surface area contributed by atoms with Gasteiger partial charge in [-0.05, 0) is 12.8 Å². The van der Waals surface area contributed by atoms with Crippen molar-refractivity contribution in [3.05, 3.63) is 12.2 Å². The largest absolute Gasteiger partial charge is 0.327 e. The first-order chi connectivity index (χ1) is 2.89. The molecule has 0 aliphatic heterocycles. The normalized spacial score (nSPS) is 17.1. The van der Waals surface area contributed by atoms with Gasteiger partial charge in [-0.3, -0.25) is 0 Å². The molecule has 0 heterocycles. The van der Waals surface area contributed by atoms with Gasteiger partial charge < -0.3 is 5.73 Å². The first kappa shape index (κ1) is 11.1. The minimum Gasteiger partial charge on any atom is -0.327 e. The van der Waals surface area contributed by atoms with Crippen LogP contribution in [0.1, 0.15) is 12.8 Å². The van der Waals surface area contributed by atoms with Gasteiger partial charge in [-0.25, -0.2) is 0 Å². The van der Waals surface area contributed by atoms with Crippen molar-refractivity contribution in [1.82, 2.24) is 0 Å². The summed E-state index contributed by atoms with van der Waals surface area (Å²) in [7, 11) is 0. The van der Waals surface area contributed by atoms with E-state index < -0.39 is 0 Å². The lowest BCUT2D eigenvalue weighted by Gasteiger charge is -1.93. The summed E-state index contributed by atoms with van der Waals surface area (Å²) in [6.07, 6.45) is 6.43. The summed E-state index contributed by atoms with van der Waals surface area (Å²) in [5.41, 5.74) is 5.47. The Morgan fingerprint density at radius 3 is 1.62 bits per heavy atom. The van der Waals surface area contributed by atoms with Crippen LogP contribution >= 0.6 is 24.8 Å². The Morgan fingerprint density at radius 1 is 1.12 bits per heavy atom. The number of rotatable bonds is 0. The quantitative estimate of drug-likeness (QED) is 0.528. The summed E-state index contributed by atoms with van der Waals surface area (Å²) in [6.45, 7) is 0. The highest BCUT2D eigenvalue weighted by Gasteiger charge is 2.00. The van der Waals surface area contributed by atoms with Gasteiger partial charge in [0.2, 0.25) is 0 Å². The lowest BCUT2D eigenvalue weighted by atomic mass is 10.3. The zero-order valence-electron chi connectivity index (χ0n) is 4.54. The van der Waals surface area contributed by atoms with Crippen LogP contribution < -0.4 is 5.73 Å². The molecule has 1 aliphatic rings. The first-order valence-electron chi connectivity index (χ1n) is 2.30. The van der Waals surface area contributed by atoms with Crippen molar-refractivity contribution in [3.63, 3.8) is 0 Å². The molecule has 1 rings (SSSR count). The molecule has 0 aromatic carbocycles. The Labute approximate surface area is 62.1 Å². The first-order valence-corrected chi connectivity index (χ1v) is 2.30. The highest BCUT2D eigenvalue weighted by Crippen LogP contribution is 2.04. The maximum Gasteiger partial charge on any atom is 0.0108 e. The number of halogens is 2. The van der Waals surface area contributed by atoms with Gasteiger partial charge in [0, 0.05) is 6.04 Å². The van der Waals surface area contributed by atoms with E-state index in [0.717, 1.165) is 12.8 Å². The van der Waals surface area contributed by atoms with E-state index in [2.05, 4.69) is 12.2 Å². The molecule has 0 atom stereocenters. The minimum absolute atomic E-state index is 0. The summed E-state index contributed by atoms with van der Waals surface area (Å²) in [5, 5.41) is 0. The molecule has 3 heteroatoms. The van der Waals surface area contributed by atoms with E-state index in [0.29, 0.717) is 6.04 Å². The lowest BCUT2D eigenvalue weighted by Crippen LogP contribution is -2.13. The molecule has 0 spiro atoms. The fraction of sp³-hybridized carbons (Fsp3) is 0.600. The second-order valence-electron chi connectivity index (χ2n) is 1.70. The molecule has 0 aromatic rings. The van der Waals surface area contributed by atoms with Crippen LogP contribution in [0.5, 0.6) is 0 Å². The molecule has 1 aliphatic carbocycles. The second kappa shape index (κ2) is 5.42. The van der Waals surface area contributed by atoms with Crippen molar-refractivity contribution >= 4 is 24.8 Å². The van der Waals surface area contributed by atoms with Crippen LogP contribution in [0, 0.1) is 0 Å². The van der Waals surface area contributed by atoms with Gasteiger partial charge in [-0.15, -0.1) is 24.8 Å². The third-order valence-electron chi connectivity index (χ3n) is 1.04. The standard InChI is InChI=1S/C5H9N.2ClH/c6-5-3-1-2-4-5;;/h1-2,5H,3-4,6H2;2*1H. The molecule has 0 saturated carbocycles. The van der Waals surface area contributed by atoms with Gasteiger partial charge in [0.15, 0.2) is 0 Å². The molecule has 0 radical (unpaired) electrons. The molecule has 50 valence electrons. The highest BCUT2D eigenvalue weighted by atomic mass is 35.5. The summed E-state index contributed by atoms with van der Waals surface area (Å²) >= 11 is 0. The Kier molecular flexibility index (Phi) is 7.53. The monoisotopic (exact) mass is 155 g/mol. The number of hydrogen-bond acceptors (Lipinski definition) is 1. The molecule has 0 bridgehead atoms. The zero-order chi connectivity index (χ0) is 4.41. The molecule has 1 nitrogen and oxygen atoms in total. The third-order valence-corrected chi connectivity index (χ3v) is 1.04. The fourth-order valence-corrected chi connectivity index (χ4v) is 0.638. The van der Waals surface area contributed by atoms with Gasteiger partial charge in [0.05, 0.1) is 0 Å². The summed E-state index contributed by atoms with van der Waals surface area (Å²) in [6, 6.07) is 0.435. The number of nitrogens with two attached hydrogens (primary N) is 1. The second-order valence-corrected chi connectivity index (χ2v) is 1.70. The SMILES string of the molecule is Cl.Cl.NC1CC=CC1. The van der Waals surface area contributed by atoms with Crippen molar-refractivity contribution in [2.45, 2.75) is 18.9 Å². The molecule has 0 saturated heterocycles. The molecular weight excluding hydrogens is 145 g/mol. The van der Waals surface area contributed by atoms with E-state index in [1.807, 2.05) is 0 Å². The van der Waals surface area contributed by atoms with Gasteiger partial charge >= 0.3 is 0 Å². The van der Waals surface area contributed by atoms with E-state index in [1.54, 1.807) is 0 Å². The van der Waals surface area contributed by atoms with E-state index in [-0.39, 0.29) is 24.8 Å². The molecule has 0 aromatic heterocycles. The van der Waals surface area contributed by atoms with Crippen molar-refractivity contribution in [1.29, 1.82) is 0 Å². The van der Waals surface area contributed by atoms with Crippen molar-refractivity contribution < 1.29 is 0 Å². The summed E-state index contributed by atoms with van der Waals surface area (Å²) in [4.78, 5) is 0. The van der Waals surface area contributed by atoms with Crippen molar-refractivity contribution in [2.24, 2.45) is 5.73 Å². The lowest BCUT2D eigenvalue weighted by molar-refractivity contribution is 0.732. The molecule has 8 heavy (non-hydrogen) atoms. The molecule has 0 amide bonds. The van der Waals surface area contributed by atoms with E-state index >= 15 is 0 Å². The predicted molar refractivity (Wildman–Crippen MR) is 40.8 cm³/mol. The van der Waals surface area contributed by atoms with E-state index in [9.17, 15) is 0 Å². The maximum atomic E-state index is 5.47. The Morgan fingerprint density at radius 2 is 1.50 bits per heavy atom. The van der Waals surface area contributed by atoms with Crippen molar-refractivity contribution in [3.8, 4) is 0 Å². The topological polar surface area (TPSA) is 26.0 Å². The van der Waals surface area contributed by atoms with Crippen LogP contribution in [0.3, 0.4) is 0 Å². The number of hydrogen-bond donors (Lipinski definition) is 1. The van der Waals surface area contributed by atoms with Crippen molar-refractivity contribution in [2.75, 3.05) is 0 Å². The highest BCUT2D eigenvalue weighted by molar-refractivity contribution is 5.85. The van der Waals surface area contributed by atoms with Crippen LogP contribution in [0.15, 0.2) is 12.2 Å². The zero-order valence-corrected chi connectivity index (χ0v) is 6.17. The average molecular weight is 156 g/mol. The molecule has 2 N–H and O–H groups in total. The fourth-order valence-electron chi connectivity index (χ4n) is 0.638. The van der Waals surface area contributed by atoms with Gasteiger partial charge in [-0.2, -0.15) is 0 Å². The summed E-state index contributed by atoms with van der Waals surface area (Å²) < 4.78 is 0. The Bertz CT molecular complexity index is 64.8. The van der Waals surface area contributed by atoms with Crippen LogP contribution in [0.2, 0.25) is 0 Å². The van der Waals surface area contributed by atoms with Crippen LogP contribution in [-0.4, -0.2) is 6.04 Å². The van der Waals surface area contributed by atoms with Crippen LogP contribution in [0.4, 0.5) is 0 Å². The smallest absolute Gasteiger partial charge is 0.0108 e. The van der Waals surface area contributed by atoms with Gasteiger partial charge in [-0.1, -0.05) is 12.2 Å². The molecule has 0 fully saturated rings. The Balaban J connectivity index is 0. The molecular formula is C5H11Cl2N. The maximum absolute atomic E-state index is 5.47.